The lowest BCUT2D eigenvalue weighted by Gasteiger charge is -2.13. The second-order valence-corrected chi connectivity index (χ2v) is 6.89. The van der Waals surface area contributed by atoms with Gasteiger partial charge in [-0.05, 0) is 46.2 Å². The van der Waals surface area contributed by atoms with Crippen molar-refractivity contribution in [3.63, 3.8) is 0 Å². The standard InChI is InChI=1S/C15H17BrIN3/c1-9(2)14-13(17)15(18-3)20-12(19-14)8-10-4-6-11(16)7-5-10/h4-7,9H,8H2,1-3H3,(H,18,19,20). The lowest BCUT2D eigenvalue weighted by molar-refractivity contribution is 0.784. The Morgan fingerprint density at radius 3 is 2.40 bits per heavy atom. The maximum absolute atomic E-state index is 4.73. The zero-order chi connectivity index (χ0) is 14.7. The number of nitrogens with one attached hydrogen (secondary N) is 1. The van der Waals surface area contributed by atoms with Crippen LogP contribution in [0.4, 0.5) is 5.82 Å². The highest BCUT2D eigenvalue weighted by Crippen LogP contribution is 2.25. The van der Waals surface area contributed by atoms with Crippen molar-refractivity contribution in [2.75, 3.05) is 12.4 Å². The van der Waals surface area contributed by atoms with E-state index >= 15 is 0 Å². The smallest absolute Gasteiger partial charge is 0.143 e. The summed E-state index contributed by atoms with van der Waals surface area (Å²) in [6, 6.07) is 8.29. The number of anilines is 1. The highest BCUT2D eigenvalue weighted by molar-refractivity contribution is 14.1. The largest absolute Gasteiger partial charge is 0.372 e. The molecule has 0 aliphatic rings. The van der Waals surface area contributed by atoms with E-state index in [0.717, 1.165) is 31.8 Å². The van der Waals surface area contributed by atoms with Crippen LogP contribution in [0.1, 0.15) is 36.8 Å². The van der Waals surface area contributed by atoms with Gasteiger partial charge in [-0.15, -0.1) is 0 Å². The molecule has 1 heterocycles. The first kappa shape index (κ1) is 15.7. The van der Waals surface area contributed by atoms with Crippen molar-refractivity contribution in [2.45, 2.75) is 26.2 Å². The van der Waals surface area contributed by atoms with Crippen LogP contribution in [-0.4, -0.2) is 17.0 Å². The molecule has 0 spiro atoms. The Hall–Kier alpha value is -0.690. The number of benzene rings is 1. The molecular weight excluding hydrogens is 429 g/mol. The number of rotatable bonds is 4. The fraction of sp³-hybridized carbons (Fsp3) is 0.333. The van der Waals surface area contributed by atoms with Crippen LogP contribution < -0.4 is 5.32 Å². The first-order chi connectivity index (χ1) is 9.51. The van der Waals surface area contributed by atoms with Crippen molar-refractivity contribution in [1.29, 1.82) is 0 Å². The quantitative estimate of drug-likeness (QED) is 0.699. The number of hydrogen-bond acceptors (Lipinski definition) is 3. The van der Waals surface area contributed by atoms with Gasteiger partial charge in [-0.2, -0.15) is 0 Å². The van der Waals surface area contributed by atoms with E-state index in [4.69, 9.17) is 4.98 Å². The SMILES string of the molecule is CNc1nc(Cc2ccc(Br)cc2)nc(C(C)C)c1I. The van der Waals surface area contributed by atoms with E-state index in [0.29, 0.717) is 5.92 Å². The van der Waals surface area contributed by atoms with Crippen molar-refractivity contribution in [3.05, 3.63) is 49.4 Å². The maximum atomic E-state index is 4.73. The minimum atomic E-state index is 0.390. The molecule has 2 aromatic rings. The molecule has 2 rings (SSSR count). The normalized spacial score (nSPS) is 10.9. The van der Waals surface area contributed by atoms with Gasteiger partial charge in [-0.1, -0.05) is 41.9 Å². The van der Waals surface area contributed by atoms with Gasteiger partial charge in [0.2, 0.25) is 0 Å². The minimum absolute atomic E-state index is 0.390. The molecule has 0 amide bonds. The highest BCUT2D eigenvalue weighted by atomic mass is 127. The maximum Gasteiger partial charge on any atom is 0.143 e. The average Bonchev–Trinajstić information content (AvgIpc) is 2.42. The Bertz CT molecular complexity index is 597. The van der Waals surface area contributed by atoms with E-state index in [1.165, 1.54) is 5.56 Å². The van der Waals surface area contributed by atoms with Crippen LogP contribution in [-0.2, 0) is 6.42 Å². The molecule has 5 heteroatoms. The molecule has 0 unspecified atom stereocenters. The van der Waals surface area contributed by atoms with E-state index in [-0.39, 0.29) is 0 Å². The molecule has 1 aromatic carbocycles. The van der Waals surface area contributed by atoms with Crippen molar-refractivity contribution in [1.82, 2.24) is 9.97 Å². The molecule has 20 heavy (non-hydrogen) atoms. The summed E-state index contributed by atoms with van der Waals surface area (Å²) in [4.78, 5) is 9.34. The third kappa shape index (κ3) is 3.69. The van der Waals surface area contributed by atoms with Crippen LogP contribution >= 0.6 is 38.5 Å². The van der Waals surface area contributed by atoms with Gasteiger partial charge in [0.05, 0.1) is 9.26 Å². The summed E-state index contributed by atoms with van der Waals surface area (Å²) >= 11 is 5.77. The summed E-state index contributed by atoms with van der Waals surface area (Å²) in [6.45, 7) is 4.32. The second kappa shape index (κ2) is 6.85. The van der Waals surface area contributed by atoms with Gasteiger partial charge in [-0.25, -0.2) is 9.97 Å². The Labute approximate surface area is 141 Å². The highest BCUT2D eigenvalue weighted by Gasteiger charge is 2.14. The van der Waals surface area contributed by atoms with E-state index in [2.05, 4.69) is 74.8 Å². The fourth-order valence-electron chi connectivity index (χ4n) is 1.92. The van der Waals surface area contributed by atoms with Crippen LogP contribution in [0.5, 0.6) is 0 Å². The van der Waals surface area contributed by atoms with E-state index in [9.17, 15) is 0 Å². The van der Waals surface area contributed by atoms with Gasteiger partial charge in [0.1, 0.15) is 11.6 Å². The van der Waals surface area contributed by atoms with E-state index in [1.54, 1.807) is 0 Å². The molecule has 0 saturated heterocycles. The Morgan fingerprint density at radius 2 is 1.85 bits per heavy atom. The first-order valence-corrected chi connectivity index (χ1v) is 8.37. The Morgan fingerprint density at radius 1 is 1.20 bits per heavy atom. The summed E-state index contributed by atoms with van der Waals surface area (Å²) in [5, 5.41) is 3.16. The predicted octanol–water partition coefficient (Wildman–Crippen LogP) is 4.60. The molecule has 0 atom stereocenters. The summed E-state index contributed by atoms with van der Waals surface area (Å²) < 4.78 is 2.20. The molecule has 1 N–H and O–H groups in total. The van der Waals surface area contributed by atoms with Crippen molar-refractivity contribution < 1.29 is 0 Å². The lowest BCUT2D eigenvalue weighted by atomic mass is 10.1. The fourth-order valence-corrected chi connectivity index (χ4v) is 3.32. The Balaban J connectivity index is 2.36. The van der Waals surface area contributed by atoms with Crippen LogP contribution in [0, 0.1) is 3.57 Å². The van der Waals surface area contributed by atoms with Gasteiger partial charge < -0.3 is 5.32 Å². The summed E-state index contributed by atoms with van der Waals surface area (Å²) in [5.74, 6) is 2.16. The van der Waals surface area contributed by atoms with Crippen molar-refractivity contribution >= 4 is 44.3 Å². The number of aromatic nitrogens is 2. The molecule has 0 aliphatic carbocycles. The summed E-state index contributed by atoms with van der Waals surface area (Å²) in [5.41, 5.74) is 2.32. The van der Waals surface area contributed by atoms with Crippen LogP contribution in [0.3, 0.4) is 0 Å². The van der Waals surface area contributed by atoms with Crippen LogP contribution in [0.15, 0.2) is 28.7 Å². The van der Waals surface area contributed by atoms with Gasteiger partial charge in [0, 0.05) is 17.9 Å². The molecule has 0 aliphatic heterocycles. The molecule has 0 saturated carbocycles. The molecule has 0 radical (unpaired) electrons. The lowest BCUT2D eigenvalue weighted by Crippen LogP contribution is -2.09. The molecular formula is C15H17BrIN3. The molecule has 1 aromatic heterocycles. The third-order valence-electron chi connectivity index (χ3n) is 2.98. The van der Waals surface area contributed by atoms with Gasteiger partial charge >= 0.3 is 0 Å². The monoisotopic (exact) mass is 445 g/mol. The predicted molar refractivity (Wildman–Crippen MR) is 95.3 cm³/mol. The minimum Gasteiger partial charge on any atom is -0.372 e. The number of nitrogens with zero attached hydrogens (tertiary/aromatic N) is 2. The van der Waals surface area contributed by atoms with Gasteiger partial charge in [0.25, 0.3) is 0 Å². The molecule has 0 bridgehead atoms. The first-order valence-electron chi connectivity index (χ1n) is 6.49. The number of hydrogen-bond donors (Lipinski definition) is 1. The van der Waals surface area contributed by atoms with E-state index < -0.39 is 0 Å². The van der Waals surface area contributed by atoms with Crippen molar-refractivity contribution in [3.8, 4) is 0 Å². The average molecular weight is 446 g/mol. The van der Waals surface area contributed by atoms with Crippen LogP contribution in [0.25, 0.3) is 0 Å². The van der Waals surface area contributed by atoms with Crippen LogP contribution in [0.2, 0.25) is 0 Å². The zero-order valence-electron chi connectivity index (χ0n) is 11.7. The summed E-state index contributed by atoms with van der Waals surface area (Å²) in [7, 11) is 1.90. The third-order valence-corrected chi connectivity index (χ3v) is 4.57. The molecule has 3 nitrogen and oxygen atoms in total. The number of halogens is 2. The van der Waals surface area contributed by atoms with Gasteiger partial charge in [-0.3, -0.25) is 0 Å². The summed E-state index contributed by atoms with van der Waals surface area (Å²) in [6.07, 6.45) is 0.749. The molecule has 106 valence electrons. The van der Waals surface area contributed by atoms with Crippen molar-refractivity contribution in [2.24, 2.45) is 0 Å². The molecule has 0 fully saturated rings. The topological polar surface area (TPSA) is 37.8 Å². The van der Waals surface area contributed by atoms with E-state index in [1.807, 2.05) is 19.2 Å². The zero-order valence-corrected chi connectivity index (χ0v) is 15.5. The van der Waals surface area contributed by atoms with Gasteiger partial charge in [0.15, 0.2) is 0 Å². The second-order valence-electron chi connectivity index (χ2n) is 4.90. The Kier molecular flexibility index (Phi) is 5.37.